The number of carbonyl (C=O) groups excluding carboxylic acids is 3. The molecule has 1 saturated heterocycles. The first-order valence-corrected chi connectivity index (χ1v) is 14.3. The molecule has 0 aromatic heterocycles. The van der Waals surface area contributed by atoms with Crippen LogP contribution in [-0.4, -0.2) is 49.1 Å². The molecule has 0 bridgehead atoms. The first kappa shape index (κ1) is 29.0. The third-order valence-corrected chi connectivity index (χ3v) is 8.16. The summed E-state index contributed by atoms with van der Waals surface area (Å²) in [6, 6.07) is 21.6. The Hall–Kier alpha value is -4.53. The molecular formula is C33H37N3O6. The van der Waals surface area contributed by atoms with Crippen LogP contribution in [0.2, 0.25) is 0 Å². The Labute approximate surface area is 246 Å². The minimum atomic E-state index is -1.00. The normalized spacial score (nSPS) is 20.1. The number of amides is 3. The van der Waals surface area contributed by atoms with Crippen LogP contribution < -0.4 is 20.1 Å². The van der Waals surface area contributed by atoms with Crippen LogP contribution in [0.5, 0.6) is 11.5 Å². The maximum Gasteiger partial charge on any atom is 0.411 e. The van der Waals surface area contributed by atoms with Gasteiger partial charge in [0.05, 0.1) is 14.2 Å². The monoisotopic (exact) mass is 571 g/mol. The molecule has 1 heterocycles. The van der Waals surface area contributed by atoms with Crippen LogP contribution in [0.25, 0.3) is 0 Å². The van der Waals surface area contributed by atoms with Crippen molar-refractivity contribution in [3.8, 4) is 11.5 Å². The van der Waals surface area contributed by atoms with E-state index >= 15 is 0 Å². The lowest BCUT2D eigenvalue weighted by molar-refractivity contribution is -0.129. The Morgan fingerprint density at radius 2 is 1.50 bits per heavy atom. The summed E-state index contributed by atoms with van der Waals surface area (Å²) in [5.41, 5.74) is 2.02. The van der Waals surface area contributed by atoms with Crippen molar-refractivity contribution in [1.29, 1.82) is 0 Å². The molecule has 1 saturated carbocycles. The maximum atomic E-state index is 13.9. The molecule has 1 aliphatic carbocycles. The van der Waals surface area contributed by atoms with Gasteiger partial charge in [-0.2, -0.15) is 0 Å². The predicted octanol–water partition coefficient (Wildman–Crippen LogP) is 5.47. The van der Waals surface area contributed by atoms with Gasteiger partial charge < -0.3 is 24.8 Å². The minimum Gasteiger partial charge on any atom is -0.497 e. The van der Waals surface area contributed by atoms with Crippen molar-refractivity contribution in [3.05, 3.63) is 90.0 Å². The molecule has 0 radical (unpaired) electrons. The quantitative estimate of drug-likeness (QED) is 0.353. The summed E-state index contributed by atoms with van der Waals surface area (Å²) in [7, 11) is 3.14. The third-order valence-electron chi connectivity index (χ3n) is 8.16. The second kappa shape index (κ2) is 13.4. The average Bonchev–Trinajstić information content (AvgIpc) is 3.43. The van der Waals surface area contributed by atoms with Gasteiger partial charge in [-0.25, -0.2) is 4.79 Å². The number of nitrogens with one attached hydrogen (secondary N) is 2. The summed E-state index contributed by atoms with van der Waals surface area (Å²) in [6.07, 6.45) is 3.88. The zero-order valence-electron chi connectivity index (χ0n) is 24.0. The molecule has 0 spiro atoms. The topological polar surface area (TPSA) is 106 Å². The number of ether oxygens (including phenoxy) is 3. The number of rotatable bonds is 9. The largest absolute Gasteiger partial charge is 0.497 e. The van der Waals surface area contributed by atoms with E-state index < -0.39 is 24.1 Å². The van der Waals surface area contributed by atoms with Gasteiger partial charge in [-0.3, -0.25) is 14.5 Å². The minimum absolute atomic E-state index is 0.0645. The van der Waals surface area contributed by atoms with Crippen molar-refractivity contribution in [2.75, 3.05) is 19.5 Å². The number of fused-ring (bicyclic) bond motifs is 1. The fourth-order valence-electron chi connectivity index (χ4n) is 5.97. The Bertz CT molecular complexity index is 1360. The van der Waals surface area contributed by atoms with Crippen molar-refractivity contribution in [1.82, 2.24) is 10.2 Å². The second-order valence-corrected chi connectivity index (χ2v) is 10.7. The van der Waals surface area contributed by atoms with Crippen LogP contribution in [0.4, 0.5) is 10.5 Å². The van der Waals surface area contributed by atoms with Crippen molar-refractivity contribution >= 4 is 23.6 Å². The fourth-order valence-corrected chi connectivity index (χ4v) is 5.97. The summed E-state index contributed by atoms with van der Waals surface area (Å²) >= 11 is 0. The highest BCUT2D eigenvalue weighted by molar-refractivity contribution is 5.99. The summed E-state index contributed by atoms with van der Waals surface area (Å²) in [6.45, 7) is 0.126. The lowest BCUT2D eigenvalue weighted by Gasteiger charge is -2.33. The van der Waals surface area contributed by atoms with Crippen molar-refractivity contribution < 1.29 is 28.6 Å². The zero-order valence-corrected chi connectivity index (χ0v) is 24.0. The van der Waals surface area contributed by atoms with Crippen molar-refractivity contribution in [3.63, 3.8) is 0 Å². The van der Waals surface area contributed by atoms with Gasteiger partial charge in [-0.05, 0) is 72.7 Å². The molecule has 0 unspecified atom stereocenters. The van der Waals surface area contributed by atoms with E-state index in [0.29, 0.717) is 29.2 Å². The van der Waals surface area contributed by atoms with E-state index in [1.165, 1.54) is 0 Å². The van der Waals surface area contributed by atoms with Crippen molar-refractivity contribution in [2.45, 2.75) is 56.8 Å². The number of nitrogens with zero attached hydrogens (tertiary/aromatic N) is 1. The van der Waals surface area contributed by atoms with Crippen LogP contribution in [-0.2, 0) is 20.9 Å². The molecular weight excluding hydrogens is 534 g/mol. The van der Waals surface area contributed by atoms with Gasteiger partial charge in [0, 0.05) is 11.7 Å². The Balaban J connectivity index is 1.36. The van der Waals surface area contributed by atoms with Gasteiger partial charge >= 0.3 is 6.09 Å². The van der Waals surface area contributed by atoms with E-state index in [1.54, 1.807) is 67.7 Å². The maximum absolute atomic E-state index is 13.9. The first-order valence-electron chi connectivity index (χ1n) is 14.3. The third kappa shape index (κ3) is 6.67. The Kier molecular flexibility index (Phi) is 9.26. The molecule has 1 aliphatic heterocycles. The van der Waals surface area contributed by atoms with Crippen molar-refractivity contribution in [2.24, 2.45) is 5.92 Å². The van der Waals surface area contributed by atoms with E-state index in [1.807, 2.05) is 30.3 Å². The Morgan fingerprint density at radius 1 is 0.857 bits per heavy atom. The number of methoxy groups -OCH3 is 2. The van der Waals surface area contributed by atoms with E-state index in [4.69, 9.17) is 14.2 Å². The lowest BCUT2D eigenvalue weighted by atomic mass is 9.85. The lowest BCUT2D eigenvalue weighted by Crippen LogP contribution is -2.51. The van der Waals surface area contributed by atoms with Crippen LogP contribution >= 0.6 is 0 Å². The molecule has 3 amide bonds. The van der Waals surface area contributed by atoms with E-state index in [-0.39, 0.29) is 24.5 Å². The molecule has 3 aromatic rings. The SMILES string of the molecule is COc1ccc(NC(=O)[C@H](NC(=O)[C@@H]2C[C@@H]3CCCC[C@@H]3N2C(=O)OCc2ccccc2)c2ccc(OC)cc2)cc1. The fraction of sp³-hybridized carbons (Fsp3) is 0.364. The van der Waals surface area contributed by atoms with Gasteiger partial charge in [-0.1, -0.05) is 55.3 Å². The molecule has 9 heteroatoms. The van der Waals surface area contributed by atoms with E-state index in [0.717, 1.165) is 31.2 Å². The van der Waals surface area contributed by atoms with Gasteiger partial charge in [0.15, 0.2) is 0 Å². The summed E-state index contributed by atoms with van der Waals surface area (Å²) in [5.74, 6) is 0.715. The molecule has 2 fully saturated rings. The number of hydrogen-bond donors (Lipinski definition) is 2. The van der Waals surface area contributed by atoms with E-state index in [2.05, 4.69) is 10.6 Å². The van der Waals surface area contributed by atoms with Gasteiger partial charge in [0.25, 0.3) is 5.91 Å². The summed E-state index contributed by atoms with van der Waals surface area (Å²) < 4.78 is 16.2. The summed E-state index contributed by atoms with van der Waals surface area (Å²) in [5, 5.41) is 5.85. The Morgan fingerprint density at radius 3 is 2.17 bits per heavy atom. The molecule has 220 valence electrons. The zero-order chi connectivity index (χ0) is 29.5. The second-order valence-electron chi connectivity index (χ2n) is 10.7. The number of benzene rings is 3. The summed E-state index contributed by atoms with van der Waals surface area (Å²) in [4.78, 5) is 42.6. The molecule has 4 atom stereocenters. The number of carbonyl (C=O) groups is 3. The molecule has 2 aliphatic rings. The predicted molar refractivity (Wildman–Crippen MR) is 158 cm³/mol. The molecule has 5 rings (SSSR count). The highest BCUT2D eigenvalue weighted by atomic mass is 16.6. The van der Waals surface area contributed by atoms with Crippen LogP contribution in [0.15, 0.2) is 78.9 Å². The van der Waals surface area contributed by atoms with E-state index in [9.17, 15) is 14.4 Å². The first-order chi connectivity index (χ1) is 20.5. The molecule has 2 N–H and O–H groups in total. The standard InChI is InChI=1S/C33H37N3O6/c1-40-26-16-12-23(13-17-26)30(32(38)34-25-14-18-27(41-2)19-15-25)35-31(37)29-20-24-10-6-7-11-28(24)36(29)33(39)42-21-22-8-4-3-5-9-22/h3-5,8-9,12-19,24,28-30H,6-7,10-11,20-21H2,1-2H3,(H,34,38)(H,35,37)/t24-,28-,29-,30+/m0/s1. The average molecular weight is 572 g/mol. The van der Waals surface area contributed by atoms with Crippen LogP contribution in [0.3, 0.4) is 0 Å². The van der Waals surface area contributed by atoms with Crippen LogP contribution in [0.1, 0.15) is 49.3 Å². The van der Waals surface area contributed by atoms with Gasteiger partial charge in [0.2, 0.25) is 5.91 Å². The smallest absolute Gasteiger partial charge is 0.411 e. The highest BCUT2D eigenvalue weighted by Gasteiger charge is 2.48. The molecule has 42 heavy (non-hydrogen) atoms. The van der Waals surface area contributed by atoms with Crippen LogP contribution in [0, 0.1) is 5.92 Å². The molecule has 9 nitrogen and oxygen atoms in total. The van der Waals surface area contributed by atoms with Gasteiger partial charge in [-0.15, -0.1) is 0 Å². The molecule has 3 aromatic carbocycles. The highest BCUT2D eigenvalue weighted by Crippen LogP contribution is 2.40. The van der Waals surface area contributed by atoms with Gasteiger partial charge in [0.1, 0.15) is 30.2 Å². The number of likely N-dealkylation sites (tertiary alicyclic amines) is 1. The number of anilines is 1. The number of hydrogen-bond acceptors (Lipinski definition) is 6.